The summed E-state index contributed by atoms with van der Waals surface area (Å²) < 4.78 is 7.13. The molecule has 0 radical (unpaired) electrons. The summed E-state index contributed by atoms with van der Waals surface area (Å²) in [6.07, 6.45) is 0. The van der Waals surface area contributed by atoms with Crippen LogP contribution in [0.3, 0.4) is 0 Å². The van der Waals surface area contributed by atoms with Crippen LogP contribution < -0.4 is 10.3 Å². The maximum absolute atomic E-state index is 12.8. The standard InChI is InChI=1S/C18H16N2O2S2/c1-22-13-5-4-6-14(9-13)23-10-12-11-24-18-19-16-8-3-2-7-15(16)17(21)20(12)18/h2-9,12H,10-11H2,1H3/t12-/m1/s1. The predicted molar refractivity (Wildman–Crippen MR) is 99.5 cm³/mol. The van der Waals surface area contributed by atoms with E-state index in [0.29, 0.717) is 5.39 Å². The molecule has 4 nitrogen and oxygen atoms in total. The molecule has 24 heavy (non-hydrogen) atoms. The Morgan fingerprint density at radius 3 is 3.04 bits per heavy atom. The number of methoxy groups -OCH3 is 1. The van der Waals surface area contributed by atoms with Gasteiger partial charge >= 0.3 is 0 Å². The van der Waals surface area contributed by atoms with Crippen molar-refractivity contribution in [2.45, 2.75) is 16.1 Å². The minimum Gasteiger partial charge on any atom is -0.497 e. The molecule has 2 aromatic carbocycles. The number of hydrogen-bond donors (Lipinski definition) is 0. The molecule has 4 rings (SSSR count). The molecule has 0 fully saturated rings. The maximum Gasteiger partial charge on any atom is 0.262 e. The second-order valence-corrected chi connectivity index (χ2v) is 7.62. The maximum atomic E-state index is 12.8. The van der Waals surface area contributed by atoms with Gasteiger partial charge in [0.15, 0.2) is 5.16 Å². The smallest absolute Gasteiger partial charge is 0.262 e. The normalized spacial score (nSPS) is 16.3. The van der Waals surface area contributed by atoms with Gasteiger partial charge < -0.3 is 4.74 Å². The molecule has 0 bridgehead atoms. The number of para-hydroxylation sites is 1. The molecule has 122 valence electrons. The number of ether oxygens (including phenoxy) is 1. The van der Waals surface area contributed by atoms with Crippen molar-refractivity contribution in [3.05, 3.63) is 58.9 Å². The molecular weight excluding hydrogens is 340 g/mol. The van der Waals surface area contributed by atoms with Gasteiger partial charge in [0.1, 0.15) is 5.75 Å². The third-order valence-corrected chi connectivity index (χ3v) is 6.27. The Morgan fingerprint density at radius 1 is 1.29 bits per heavy atom. The second kappa shape index (κ2) is 6.53. The summed E-state index contributed by atoms with van der Waals surface area (Å²) in [5.41, 5.74) is 0.846. The van der Waals surface area contributed by atoms with Crippen molar-refractivity contribution < 1.29 is 4.74 Å². The van der Waals surface area contributed by atoms with E-state index in [2.05, 4.69) is 11.1 Å². The lowest BCUT2D eigenvalue weighted by atomic mass is 10.2. The lowest BCUT2D eigenvalue weighted by molar-refractivity contribution is 0.413. The number of aromatic nitrogens is 2. The first-order chi connectivity index (χ1) is 11.8. The number of fused-ring (bicyclic) bond motifs is 2. The van der Waals surface area contributed by atoms with Crippen LogP contribution in [-0.2, 0) is 0 Å². The number of benzene rings is 2. The molecule has 3 aromatic rings. The van der Waals surface area contributed by atoms with E-state index >= 15 is 0 Å². The van der Waals surface area contributed by atoms with Crippen LogP contribution in [0, 0.1) is 0 Å². The summed E-state index contributed by atoms with van der Waals surface area (Å²) in [6, 6.07) is 15.7. The minimum atomic E-state index is 0.0665. The van der Waals surface area contributed by atoms with Gasteiger partial charge in [-0.25, -0.2) is 4.98 Å². The summed E-state index contributed by atoms with van der Waals surface area (Å²) in [6.45, 7) is 0. The molecule has 0 aliphatic carbocycles. The van der Waals surface area contributed by atoms with E-state index in [9.17, 15) is 4.79 Å². The van der Waals surface area contributed by atoms with Crippen molar-refractivity contribution in [2.75, 3.05) is 18.6 Å². The third kappa shape index (κ3) is 2.80. The minimum absolute atomic E-state index is 0.0665. The van der Waals surface area contributed by atoms with Crippen molar-refractivity contribution in [2.24, 2.45) is 0 Å². The molecule has 0 spiro atoms. The molecule has 1 aliphatic rings. The van der Waals surface area contributed by atoms with Crippen LogP contribution in [0.25, 0.3) is 10.9 Å². The van der Waals surface area contributed by atoms with Gasteiger partial charge in [0.2, 0.25) is 0 Å². The summed E-state index contributed by atoms with van der Waals surface area (Å²) >= 11 is 3.41. The fourth-order valence-corrected chi connectivity index (χ4v) is 5.12. The van der Waals surface area contributed by atoms with Crippen molar-refractivity contribution in [3.63, 3.8) is 0 Å². The molecule has 0 unspecified atom stereocenters. The van der Waals surface area contributed by atoms with Crippen LogP contribution >= 0.6 is 23.5 Å². The van der Waals surface area contributed by atoms with Gasteiger partial charge in [-0.15, -0.1) is 11.8 Å². The van der Waals surface area contributed by atoms with Gasteiger partial charge in [-0.05, 0) is 30.3 Å². The number of thioether (sulfide) groups is 2. The number of rotatable bonds is 4. The first-order valence-electron chi connectivity index (χ1n) is 7.67. The van der Waals surface area contributed by atoms with Gasteiger partial charge in [-0.3, -0.25) is 9.36 Å². The Hall–Kier alpha value is -1.92. The average molecular weight is 356 g/mol. The molecule has 1 aromatic heterocycles. The highest BCUT2D eigenvalue weighted by atomic mass is 32.2. The highest BCUT2D eigenvalue weighted by molar-refractivity contribution is 8.00. The van der Waals surface area contributed by atoms with Crippen LogP contribution in [0.2, 0.25) is 0 Å². The zero-order chi connectivity index (χ0) is 16.5. The molecule has 2 heterocycles. The second-order valence-electron chi connectivity index (χ2n) is 5.54. The van der Waals surface area contributed by atoms with Gasteiger partial charge in [0.25, 0.3) is 5.56 Å². The molecule has 1 atom stereocenters. The Labute approximate surface area is 148 Å². The van der Waals surface area contributed by atoms with Crippen molar-refractivity contribution in [1.82, 2.24) is 9.55 Å². The van der Waals surface area contributed by atoms with Crippen LogP contribution in [0.1, 0.15) is 6.04 Å². The summed E-state index contributed by atoms with van der Waals surface area (Å²) in [5, 5.41) is 1.52. The summed E-state index contributed by atoms with van der Waals surface area (Å²) in [7, 11) is 1.67. The Bertz CT molecular complexity index is 955. The lowest BCUT2D eigenvalue weighted by Crippen LogP contribution is -2.25. The molecule has 0 saturated carbocycles. The summed E-state index contributed by atoms with van der Waals surface area (Å²) in [5.74, 6) is 2.58. The van der Waals surface area contributed by atoms with Gasteiger partial charge in [0.05, 0.1) is 24.1 Å². The highest BCUT2D eigenvalue weighted by Crippen LogP contribution is 2.35. The fraction of sp³-hybridized carbons (Fsp3) is 0.222. The van der Waals surface area contributed by atoms with Crippen molar-refractivity contribution in [3.8, 4) is 5.75 Å². The highest BCUT2D eigenvalue weighted by Gasteiger charge is 2.26. The average Bonchev–Trinajstić information content (AvgIpc) is 3.03. The van der Waals surface area contributed by atoms with E-state index < -0.39 is 0 Å². The fourth-order valence-electron chi connectivity index (χ4n) is 2.80. The number of hydrogen-bond acceptors (Lipinski definition) is 5. The monoisotopic (exact) mass is 356 g/mol. The van der Waals surface area contributed by atoms with E-state index in [4.69, 9.17) is 4.74 Å². The van der Waals surface area contributed by atoms with Gasteiger partial charge in [-0.1, -0.05) is 30.0 Å². The van der Waals surface area contributed by atoms with E-state index in [-0.39, 0.29) is 11.6 Å². The van der Waals surface area contributed by atoms with Crippen LogP contribution in [0.4, 0.5) is 0 Å². The molecule has 0 amide bonds. The number of nitrogens with zero attached hydrogens (tertiary/aromatic N) is 2. The first kappa shape index (κ1) is 15.6. The van der Waals surface area contributed by atoms with Crippen LogP contribution in [-0.4, -0.2) is 28.2 Å². The lowest BCUT2D eigenvalue weighted by Gasteiger charge is -2.13. The third-order valence-electron chi connectivity index (χ3n) is 4.03. The van der Waals surface area contributed by atoms with Crippen molar-refractivity contribution >= 4 is 34.4 Å². The SMILES string of the molecule is COc1cccc(SC[C@@H]2CSc3nc4ccccc4c(=O)n32)c1. The largest absolute Gasteiger partial charge is 0.497 e. The molecular formula is C18H16N2O2S2. The van der Waals surface area contributed by atoms with Crippen molar-refractivity contribution in [1.29, 1.82) is 0 Å². The van der Waals surface area contributed by atoms with E-state index in [1.807, 2.05) is 47.0 Å². The zero-order valence-corrected chi connectivity index (χ0v) is 14.8. The molecule has 1 aliphatic heterocycles. The molecule has 6 heteroatoms. The van der Waals surface area contributed by atoms with E-state index in [1.165, 1.54) is 0 Å². The van der Waals surface area contributed by atoms with E-state index in [1.54, 1.807) is 30.6 Å². The van der Waals surface area contributed by atoms with Gasteiger partial charge in [0, 0.05) is 16.4 Å². The molecule has 0 saturated heterocycles. The van der Waals surface area contributed by atoms with Gasteiger partial charge in [-0.2, -0.15) is 0 Å². The Kier molecular flexibility index (Phi) is 4.24. The zero-order valence-electron chi connectivity index (χ0n) is 13.1. The van der Waals surface area contributed by atoms with Crippen LogP contribution in [0.15, 0.2) is 63.4 Å². The Balaban J connectivity index is 1.62. The topological polar surface area (TPSA) is 44.1 Å². The van der Waals surface area contributed by atoms with Crippen LogP contribution in [0.5, 0.6) is 5.75 Å². The van der Waals surface area contributed by atoms with E-state index in [0.717, 1.165) is 32.8 Å². The predicted octanol–water partition coefficient (Wildman–Crippen LogP) is 3.84. The summed E-state index contributed by atoms with van der Waals surface area (Å²) in [4.78, 5) is 18.6. The molecule has 0 N–H and O–H groups in total. The Morgan fingerprint density at radius 2 is 2.17 bits per heavy atom. The quantitative estimate of drug-likeness (QED) is 0.525. The first-order valence-corrected chi connectivity index (χ1v) is 9.64.